The van der Waals surface area contributed by atoms with E-state index in [4.69, 9.17) is 11.6 Å². The van der Waals surface area contributed by atoms with Crippen molar-refractivity contribution < 1.29 is 4.79 Å². The number of carbonyl (C=O) groups excluding carboxylic acids is 1. The quantitative estimate of drug-likeness (QED) is 0.605. The number of nitrogens with zero attached hydrogens (tertiary/aromatic N) is 1. The van der Waals surface area contributed by atoms with E-state index in [1.165, 1.54) is 6.42 Å². The van der Waals surface area contributed by atoms with Crippen molar-refractivity contribution in [3.05, 3.63) is 63.4 Å². The molecule has 1 heterocycles. The molecule has 1 fully saturated rings. The lowest BCUT2D eigenvalue weighted by atomic mass is 9.96. The number of aromatic nitrogens is 2. The van der Waals surface area contributed by atoms with E-state index in [-0.39, 0.29) is 17.6 Å². The van der Waals surface area contributed by atoms with Crippen molar-refractivity contribution in [3.8, 4) is 0 Å². The standard InChI is InChI=1S/C21H23ClN4O2/c22-15-8-6-14(7-9-15)13-26-19-11-10-17(12-18(19)20(27)25-26)24-21(28)23-16-4-2-1-3-5-16/h6-12,16H,1-5,13H2,(H,25,27)(H2,23,24,28). The van der Waals surface area contributed by atoms with E-state index < -0.39 is 0 Å². The zero-order chi connectivity index (χ0) is 19.5. The van der Waals surface area contributed by atoms with Crippen molar-refractivity contribution in [3.63, 3.8) is 0 Å². The fraction of sp³-hybridized carbons (Fsp3) is 0.333. The number of halogens is 1. The highest BCUT2D eigenvalue weighted by Crippen LogP contribution is 2.20. The van der Waals surface area contributed by atoms with E-state index in [1.807, 2.05) is 36.4 Å². The van der Waals surface area contributed by atoms with E-state index in [1.54, 1.807) is 10.7 Å². The van der Waals surface area contributed by atoms with Crippen LogP contribution in [0.3, 0.4) is 0 Å². The molecule has 1 aliphatic carbocycles. The van der Waals surface area contributed by atoms with Gasteiger partial charge in [-0.2, -0.15) is 0 Å². The Bertz CT molecular complexity index is 1030. The van der Waals surface area contributed by atoms with E-state index in [0.29, 0.717) is 22.6 Å². The van der Waals surface area contributed by atoms with Gasteiger partial charge in [-0.25, -0.2) is 4.79 Å². The summed E-state index contributed by atoms with van der Waals surface area (Å²) in [6, 6.07) is 12.9. The maximum absolute atomic E-state index is 12.4. The monoisotopic (exact) mass is 398 g/mol. The second-order valence-corrected chi connectivity index (χ2v) is 7.76. The Hall–Kier alpha value is -2.73. The van der Waals surface area contributed by atoms with Crippen molar-refractivity contribution in [1.29, 1.82) is 0 Å². The van der Waals surface area contributed by atoms with Gasteiger partial charge in [0.2, 0.25) is 0 Å². The van der Waals surface area contributed by atoms with Crippen molar-refractivity contribution in [2.45, 2.75) is 44.7 Å². The summed E-state index contributed by atoms with van der Waals surface area (Å²) < 4.78 is 1.80. The van der Waals surface area contributed by atoms with Crippen LogP contribution in [0.2, 0.25) is 5.02 Å². The number of benzene rings is 2. The highest BCUT2D eigenvalue weighted by atomic mass is 35.5. The Morgan fingerprint density at radius 2 is 1.86 bits per heavy atom. The van der Waals surface area contributed by atoms with Crippen LogP contribution in [0, 0.1) is 0 Å². The van der Waals surface area contributed by atoms with Crippen LogP contribution in [-0.2, 0) is 6.54 Å². The van der Waals surface area contributed by atoms with Gasteiger partial charge >= 0.3 is 6.03 Å². The van der Waals surface area contributed by atoms with Crippen molar-refractivity contribution in [1.82, 2.24) is 15.1 Å². The second kappa shape index (κ2) is 8.10. The second-order valence-electron chi connectivity index (χ2n) is 7.32. The van der Waals surface area contributed by atoms with Gasteiger partial charge in [-0.1, -0.05) is 43.0 Å². The van der Waals surface area contributed by atoms with Crippen LogP contribution in [0.15, 0.2) is 47.3 Å². The summed E-state index contributed by atoms with van der Waals surface area (Å²) in [7, 11) is 0. The average Bonchev–Trinajstić information content (AvgIpc) is 2.99. The molecule has 0 unspecified atom stereocenters. The molecule has 6 nitrogen and oxygen atoms in total. The van der Waals surface area contributed by atoms with E-state index in [0.717, 1.165) is 36.8 Å². The first-order valence-corrected chi connectivity index (χ1v) is 10.0. The molecule has 0 bridgehead atoms. The first-order chi connectivity index (χ1) is 13.6. The van der Waals surface area contributed by atoms with Crippen molar-refractivity contribution >= 4 is 34.2 Å². The number of hydrogen-bond acceptors (Lipinski definition) is 2. The molecular weight excluding hydrogens is 376 g/mol. The van der Waals surface area contributed by atoms with Gasteiger partial charge in [0.1, 0.15) is 0 Å². The first kappa shape index (κ1) is 18.6. The van der Waals surface area contributed by atoms with Crippen LogP contribution in [0.1, 0.15) is 37.7 Å². The van der Waals surface area contributed by atoms with Crippen molar-refractivity contribution in [2.24, 2.45) is 0 Å². The number of rotatable bonds is 4. The number of amides is 2. The summed E-state index contributed by atoms with van der Waals surface area (Å²) in [6.45, 7) is 0.533. The van der Waals surface area contributed by atoms with Gasteiger partial charge in [0.25, 0.3) is 5.56 Å². The van der Waals surface area contributed by atoms with Gasteiger partial charge in [-0.05, 0) is 48.7 Å². The fourth-order valence-corrected chi connectivity index (χ4v) is 3.90. The molecule has 28 heavy (non-hydrogen) atoms. The molecule has 2 aromatic carbocycles. The number of fused-ring (bicyclic) bond motifs is 1. The molecular formula is C21H23ClN4O2. The van der Waals surface area contributed by atoms with Gasteiger partial charge in [-0.3, -0.25) is 14.6 Å². The predicted octanol–water partition coefficient (Wildman–Crippen LogP) is 4.49. The summed E-state index contributed by atoms with van der Waals surface area (Å²) >= 11 is 5.93. The summed E-state index contributed by atoms with van der Waals surface area (Å²) in [5.74, 6) is 0. The van der Waals surface area contributed by atoms with Crippen LogP contribution < -0.4 is 16.2 Å². The molecule has 1 aromatic heterocycles. The normalized spacial score (nSPS) is 14.9. The molecule has 0 radical (unpaired) electrons. The molecule has 2 amide bonds. The van der Waals surface area contributed by atoms with E-state index >= 15 is 0 Å². The fourth-order valence-electron chi connectivity index (χ4n) is 3.77. The highest BCUT2D eigenvalue weighted by Gasteiger charge is 2.16. The number of aromatic amines is 1. The van der Waals surface area contributed by atoms with E-state index in [9.17, 15) is 9.59 Å². The Morgan fingerprint density at radius 3 is 2.61 bits per heavy atom. The third-order valence-electron chi connectivity index (χ3n) is 5.22. The molecule has 0 atom stereocenters. The molecule has 0 aliphatic heterocycles. The summed E-state index contributed by atoms with van der Waals surface area (Å²) in [5, 5.41) is 9.95. The molecule has 0 saturated heterocycles. The maximum Gasteiger partial charge on any atom is 0.319 e. The Labute approximate surface area is 167 Å². The number of hydrogen-bond donors (Lipinski definition) is 3. The predicted molar refractivity (Wildman–Crippen MR) is 112 cm³/mol. The van der Waals surface area contributed by atoms with Gasteiger partial charge in [-0.15, -0.1) is 0 Å². The Kier molecular flexibility index (Phi) is 5.39. The van der Waals surface area contributed by atoms with Gasteiger partial charge in [0.15, 0.2) is 0 Å². The van der Waals surface area contributed by atoms with Crippen LogP contribution in [0.4, 0.5) is 10.5 Å². The topological polar surface area (TPSA) is 78.9 Å². The lowest BCUT2D eigenvalue weighted by molar-refractivity contribution is 0.244. The van der Waals surface area contributed by atoms with Crippen LogP contribution in [0.25, 0.3) is 10.9 Å². The minimum Gasteiger partial charge on any atom is -0.335 e. The summed E-state index contributed by atoms with van der Waals surface area (Å²) in [6.07, 6.45) is 5.62. The van der Waals surface area contributed by atoms with Crippen LogP contribution in [-0.4, -0.2) is 21.9 Å². The van der Waals surface area contributed by atoms with Gasteiger partial charge in [0, 0.05) is 16.8 Å². The Balaban J connectivity index is 1.49. The number of H-pyrrole nitrogens is 1. The van der Waals surface area contributed by atoms with Gasteiger partial charge < -0.3 is 10.6 Å². The minimum atomic E-state index is -0.219. The highest BCUT2D eigenvalue weighted by molar-refractivity contribution is 6.30. The number of anilines is 1. The molecule has 4 rings (SSSR count). The lowest BCUT2D eigenvalue weighted by Crippen LogP contribution is -2.39. The van der Waals surface area contributed by atoms with Crippen molar-refractivity contribution in [2.75, 3.05) is 5.32 Å². The maximum atomic E-state index is 12.4. The molecule has 1 aliphatic rings. The molecule has 146 valence electrons. The molecule has 7 heteroatoms. The third kappa shape index (κ3) is 4.22. The van der Waals surface area contributed by atoms with Gasteiger partial charge in [0.05, 0.1) is 17.4 Å². The van der Waals surface area contributed by atoms with Crippen LogP contribution in [0.5, 0.6) is 0 Å². The SMILES string of the molecule is O=C(Nc1ccc2c(c1)c(=O)[nH]n2Cc1ccc(Cl)cc1)NC1CCCCC1. The van der Waals surface area contributed by atoms with Crippen LogP contribution >= 0.6 is 11.6 Å². The minimum absolute atomic E-state index is 0.180. The largest absolute Gasteiger partial charge is 0.335 e. The average molecular weight is 399 g/mol. The first-order valence-electron chi connectivity index (χ1n) is 9.63. The summed E-state index contributed by atoms with van der Waals surface area (Å²) in [4.78, 5) is 24.6. The zero-order valence-corrected chi connectivity index (χ0v) is 16.3. The molecule has 1 saturated carbocycles. The zero-order valence-electron chi connectivity index (χ0n) is 15.5. The molecule has 0 spiro atoms. The van der Waals surface area contributed by atoms with E-state index in [2.05, 4.69) is 15.7 Å². The molecule has 3 aromatic rings. The lowest BCUT2D eigenvalue weighted by Gasteiger charge is -2.22. The smallest absolute Gasteiger partial charge is 0.319 e. The summed E-state index contributed by atoms with van der Waals surface area (Å²) in [5.41, 5.74) is 2.25. The number of carbonyl (C=O) groups is 1. The Morgan fingerprint density at radius 1 is 1.11 bits per heavy atom. The number of nitrogens with one attached hydrogen (secondary N) is 3. The number of urea groups is 1. The molecule has 3 N–H and O–H groups in total. The third-order valence-corrected chi connectivity index (χ3v) is 5.47.